The minimum Gasteiger partial charge on any atom is -0.486 e. The first kappa shape index (κ1) is 20.6. The fraction of sp³-hybridized carbons (Fsp3) is 0.333. The lowest BCUT2D eigenvalue weighted by atomic mass is 10.0. The molecule has 1 aliphatic rings. The Morgan fingerprint density at radius 1 is 1.03 bits per heavy atom. The molecule has 0 radical (unpaired) electrons. The van der Waals surface area contributed by atoms with E-state index in [0.717, 1.165) is 17.7 Å². The molecule has 2 N–H and O–H groups in total. The molecule has 29 heavy (non-hydrogen) atoms. The van der Waals surface area contributed by atoms with Gasteiger partial charge in [0, 0.05) is 6.54 Å². The Morgan fingerprint density at radius 3 is 2.34 bits per heavy atom. The Morgan fingerprint density at radius 2 is 1.69 bits per heavy atom. The van der Waals surface area contributed by atoms with Crippen molar-refractivity contribution >= 4 is 11.8 Å². The van der Waals surface area contributed by atoms with Crippen molar-refractivity contribution in [1.82, 2.24) is 10.6 Å². The van der Waals surface area contributed by atoms with Crippen molar-refractivity contribution in [3.8, 4) is 11.5 Å². The van der Waals surface area contributed by atoms with Crippen molar-refractivity contribution in [2.45, 2.75) is 26.4 Å². The molecule has 3 rings (SSSR count). The Labute approximate surface area is 167 Å². The third kappa shape index (κ3) is 4.82. The second-order valence-electron chi connectivity index (χ2n) is 6.99. The SMILES string of the molecule is CC(C)C(NC(=O)c1c(F)cccc1F)C(=O)NCc1ccc2c(c1)OCCO2. The molecule has 2 aromatic rings. The lowest BCUT2D eigenvalue weighted by molar-refractivity contribution is -0.124. The number of hydrogen-bond donors (Lipinski definition) is 2. The highest BCUT2D eigenvalue weighted by Crippen LogP contribution is 2.30. The zero-order chi connectivity index (χ0) is 21.0. The molecule has 0 spiro atoms. The molecule has 1 atom stereocenters. The fourth-order valence-corrected chi connectivity index (χ4v) is 2.96. The van der Waals surface area contributed by atoms with E-state index in [2.05, 4.69) is 10.6 Å². The lowest BCUT2D eigenvalue weighted by Gasteiger charge is -2.22. The third-order valence-corrected chi connectivity index (χ3v) is 4.50. The molecule has 8 heteroatoms. The van der Waals surface area contributed by atoms with Crippen LogP contribution in [0.15, 0.2) is 36.4 Å². The third-order valence-electron chi connectivity index (χ3n) is 4.50. The summed E-state index contributed by atoms with van der Waals surface area (Å²) >= 11 is 0. The predicted molar refractivity (Wildman–Crippen MR) is 102 cm³/mol. The summed E-state index contributed by atoms with van der Waals surface area (Å²) in [7, 11) is 0. The number of halogens is 2. The minimum atomic E-state index is -0.985. The first-order chi connectivity index (χ1) is 13.9. The van der Waals surface area contributed by atoms with Gasteiger partial charge in [0.1, 0.15) is 36.5 Å². The fourth-order valence-electron chi connectivity index (χ4n) is 2.96. The van der Waals surface area contributed by atoms with Gasteiger partial charge < -0.3 is 20.1 Å². The Balaban J connectivity index is 1.66. The van der Waals surface area contributed by atoms with Crippen molar-refractivity contribution in [3.63, 3.8) is 0 Å². The molecular formula is C21H22F2N2O4. The predicted octanol–water partition coefficient (Wildman–Crippen LogP) is 2.81. The first-order valence-corrected chi connectivity index (χ1v) is 9.28. The maximum absolute atomic E-state index is 13.8. The van der Waals surface area contributed by atoms with Gasteiger partial charge in [0.15, 0.2) is 11.5 Å². The van der Waals surface area contributed by atoms with E-state index in [4.69, 9.17) is 9.47 Å². The van der Waals surface area contributed by atoms with Gasteiger partial charge in [0.25, 0.3) is 5.91 Å². The van der Waals surface area contributed by atoms with Crippen LogP contribution in [0, 0.1) is 17.6 Å². The summed E-state index contributed by atoms with van der Waals surface area (Å²) in [6.45, 7) is 4.60. The number of carbonyl (C=O) groups excluding carboxylic acids is 2. The van der Waals surface area contributed by atoms with Crippen molar-refractivity contribution in [2.75, 3.05) is 13.2 Å². The Bertz CT molecular complexity index is 897. The van der Waals surface area contributed by atoms with E-state index in [9.17, 15) is 18.4 Å². The standard InChI is InChI=1S/C21H22F2N2O4/c1-12(2)19(25-20(26)18-14(22)4-3-5-15(18)23)21(27)24-11-13-6-7-16-17(10-13)29-9-8-28-16/h3-7,10,12,19H,8-9,11H2,1-2H3,(H,24,27)(H,25,26). The molecule has 1 aliphatic heterocycles. The average Bonchev–Trinajstić information content (AvgIpc) is 2.69. The van der Waals surface area contributed by atoms with E-state index >= 15 is 0 Å². The number of benzene rings is 2. The molecule has 1 unspecified atom stereocenters. The largest absolute Gasteiger partial charge is 0.486 e. The number of fused-ring (bicyclic) bond motifs is 1. The van der Waals surface area contributed by atoms with Gasteiger partial charge >= 0.3 is 0 Å². The molecule has 1 heterocycles. The van der Waals surface area contributed by atoms with Gasteiger partial charge in [-0.15, -0.1) is 0 Å². The van der Waals surface area contributed by atoms with Crippen molar-refractivity contribution in [1.29, 1.82) is 0 Å². The summed E-state index contributed by atoms with van der Waals surface area (Å²) in [6.07, 6.45) is 0. The van der Waals surface area contributed by atoms with Gasteiger partial charge in [-0.1, -0.05) is 26.0 Å². The van der Waals surface area contributed by atoms with E-state index in [1.54, 1.807) is 32.0 Å². The average molecular weight is 404 g/mol. The topological polar surface area (TPSA) is 76.7 Å². The number of ether oxygens (including phenoxy) is 2. The molecule has 0 fully saturated rings. The Hall–Kier alpha value is -3.16. The lowest BCUT2D eigenvalue weighted by Crippen LogP contribution is -2.49. The molecule has 2 aromatic carbocycles. The van der Waals surface area contributed by atoms with Crippen molar-refractivity contribution in [3.05, 3.63) is 59.2 Å². The van der Waals surface area contributed by atoms with Crippen LogP contribution < -0.4 is 20.1 Å². The molecule has 0 saturated carbocycles. The number of hydrogen-bond acceptors (Lipinski definition) is 4. The highest BCUT2D eigenvalue weighted by molar-refractivity contribution is 5.98. The van der Waals surface area contributed by atoms with E-state index < -0.39 is 35.1 Å². The molecule has 0 aliphatic carbocycles. The normalized spacial score (nSPS) is 13.7. The second-order valence-corrected chi connectivity index (χ2v) is 6.99. The summed E-state index contributed by atoms with van der Waals surface area (Å²) in [5, 5.41) is 5.16. The molecular weight excluding hydrogens is 382 g/mol. The molecule has 0 saturated heterocycles. The van der Waals surface area contributed by atoms with E-state index in [0.29, 0.717) is 24.7 Å². The minimum absolute atomic E-state index is 0.197. The summed E-state index contributed by atoms with van der Waals surface area (Å²) in [5.41, 5.74) is 0.0781. The molecule has 0 aromatic heterocycles. The summed E-state index contributed by atoms with van der Waals surface area (Å²) in [6, 6.07) is 7.52. The monoisotopic (exact) mass is 404 g/mol. The first-order valence-electron chi connectivity index (χ1n) is 9.28. The highest BCUT2D eigenvalue weighted by Gasteiger charge is 2.27. The maximum Gasteiger partial charge on any atom is 0.257 e. The smallest absolute Gasteiger partial charge is 0.257 e. The van der Waals surface area contributed by atoms with Gasteiger partial charge in [-0.3, -0.25) is 9.59 Å². The van der Waals surface area contributed by atoms with Gasteiger partial charge in [-0.05, 0) is 35.7 Å². The number of nitrogens with one attached hydrogen (secondary N) is 2. The number of rotatable bonds is 6. The van der Waals surface area contributed by atoms with Crippen LogP contribution in [0.5, 0.6) is 11.5 Å². The number of carbonyl (C=O) groups is 2. The van der Waals surface area contributed by atoms with Crippen LogP contribution in [0.2, 0.25) is 0 Å². The second kappa shape index (κ2) is 8.89. The Kier molecular flexibility index (Phi) is 6.31. The van der Waals surface area contributed by atoms with Crippen LogP contribution in [-0.4, -0.2) is 31.1 Å². The molecule has 0 bridgehead atoms. The zero-order valence-corrected chi connectivity index (χ0v) is 16.1. The van der Waals surface area contributed by atoms with Crippen LogP contribution in [-0.2, 0) is 11.3 Å². The van der Waals surface area contributed by atoms with E-state index in [1.165, 1.54) is 6.07 Å². The van der Waals surface area contributed by atoms with Crippen LogP contribution in [0.3, 0.4) is 0 Å². The quantitative estimate of drug-likeness (QED) is 0.776. The molecule has 154 valence electrons. The highest BCUT2D eigenvalue weighted by atomic mass is 19.1. The number of amides is 2. The van der Waals surface area contributed by atoms with Crippen LogP contribution in [0.4, 0.5) is 8.78 Å². The summed E-state index contributed by atoms with van der Waals surface area (Å²) in [5.74, 6) is -2.46. The summed E-state index contributed by atoms with van der Waals surface area (Å²) in [4.78, 5) is 25.0. The van der Waals surface area contributed by atoms with Crippen LogP contribution in [0.1, 0.15) is 29.8 Å². The van der Waals surface area contributed by atoms with Crippen LogP contribution >= 0.6 is 0 Å². The van der Waals surface area contributed by atoms with E-state index in [-0.39, 0.29) is 12.5 Å². The van der Waals surface area contributed by atoms with Gasteiger partial charge in [-0.2, -0.15) is 0 Å². The van der Waals surface area contributed by atoms with Crippen LogP contribution in [0.25, 0.3) is 0 Å². The zero-order valence-electron chi connectivity index (χ0n) is 16.1. The van der Waals surface area contributed by atoms with Gasteiger partial charge in [0.05, 0.1) is 0 Å². The molecule has 2 amide bonds. The molecule has 6 nitrogen and oxygen atoms in total. The van der Waals surface area contributed by atoms with E-state index in [1.807, 2.05) is 0 Å². The maximum atomic E-state index is 13.8. The van der Waals surface area contributed by atoms with Gasteiger partial charge in [0.2, 0.25) is 5.91 Å². The van der Waals surface area contributed by atoms with Gasteiger partial charge in [-0.25, -0.2) is 8.78 Å². The van der Waals surface area contributed by atoms with Crippen molar-refractivity contribution in [2.24, 2.45) is 5.92 Å². The summed E-state index contributed by atoms with van der Waals surface area (Å²) < 4.78 is 38.6. The van der Waals surface area contributed by atoms with Crippen molar-refractivity contribution < 1.29 is 27.8 Å².